The fraction of sp³-hybridized carbons (Fsp3) is 0.250. The van der Waals surface area contributed by atoms with Gasteiger partial charge in [-0.15, -0.1) is 0 Å². The molecule has 1 aliphatic heterocycles. The van der Waals surface area contributed by atoms with Crippen molar-refractivity contribution < 1.29 is 23.9 Å². The van der Waals surface area contributed by atoms with Gasteiger partial charge in [0.25, 0.3) is 5.91 Å². The molecule has 0 unspecified atom stereocenters. The van der Waals surface area contributed by atoms with E-state index in [-0.39, 0.29) is 25.0 Å². The maximum absolute atomic E-state index is 12.0. The Kier molecular flexibility index (Phi) is 3.27. The zero-order valence-electron chi connectivity index (χ0n) is 9.71. The van der Waals surface area contributed by atoms with E-state index in [9.17, 15) is 14.4 Å². The molecule has 0 aliphatic carbocycles. The number of Topliss-reactive ketones (excluding diaryl/α,β-unsaturated/α-hetero) is 1. The lowest BCUT2D eigenvalue weighted by Crippen LogP contribution is -2.42. The Hall–Kier alpha value is -2.37. The molecule has 6 nitrogen and oxygen atoms in total. The number of methoxy groups -OCH3 is 1. The highest BCUT2D eigenvalue weighted by Crippen LogP contribution is 2.18. The Morgan fingerprint density at radius 3 is 2.61 bits per heavy atom. The van der Waals surface area contributed by atoms with Gasteiger partial charge in [0.05, 0.1) is 19.2 Å². The maximum atomic E-state index is 12.0. The fourth-order valence-corrected chi connectivity index (χ4v) is 1.71. The minimum absolute atomic E-state index is 0.104. The highest BCUT2D eigenvalue weighted by atomic mass is 16.7. The molecular weight excluding hydrogens is 238 g/mol. The van der Waals surface area contributed by atoms with Crippen molar-refractivity contribution in [3.05, 3.63) is 35.4 Å². The summed E-state index contributed by atoms with van der Waals surface area (Å²) < 4.78 is 8.94. The van der Waals surface area contributed by atoms with E-state index in [0.29, 0.717) is 11.1 Å². The van der Waals surface area contributed by atoms with Crippen LogP contribution in [0.3, 0.4) is 0 Å². The van der Waals surface area contributed by atoms with E-state index in [0.717, 1.165) is 4.90 Å². The molecule has 94 valence electrons. The summed E-state index contributed by atoms with van der Waals surface area (Å²) in [4.78, 5) is 35.8. The number of fused-ring (bicyclic) bond motifs is 1. The maximum Gasteiger partial charge on any atom is 0.509 e. The first kappa shape index (κ1) is 12.1. The van der Waals surface area contributed by atoms with Crippen molar-refractivity contribution >= 4 is 17.8 Å². The molecule has 0 saturated heterocycles. The Balaban J connectivity index is 2.16. The summed E-state index contributed by atoms with van der Waals surface area (Å²) in [6, 6.07) is 6.55. The van der Waals surface area contributed by atoms with Gasteiger partial charge in [0.2, 0.25) is 0 Å². The van der Waals surface area contributed by atoms with E-state index < -0.39 is 6.16 Å². The van der Waals surface area contributed by atoms with Gasteiger partial charge in [-0.2, -0.15) is 0 Å². The number of nitrogens with zero attached hydrogens (tertiary/aromatic N) is 1. The molecule has 1 heterocycles. The summed E-state index contributed by atoms with van der Waals surface area (Å²) in [5.74, 6) is -0.521. The standard InChI is InChI=1S/C12H11NO5/c1-17-12(16)18-7-13-6-10(14)8-4-2-3-5-9(8)11(13)15/h2-5H,6-7H2,1H3. The van der Waals surface area contributed by atoms with Crippen molar-refractivity contribution in [3.8, 4) is 0 Å². The van der Waals surface area contributed by atoms with Crippen LogP contribution < -0.4 is 0 Å². The average molecular weight is 249 g/mol. The van der Waals surface area contributed by atoms with Crippen LogP contribution in [0.4, 0.5) is 4.79 Å². The minimum Gasteiger partial charge on any atom is -0.438 e. The van der Waals surface area contributed by atoms with Gasteiger partial charge in [0, 0.05) is 5.56 Å². The van der Waals surface area contributed by atoms with Crippen molar-refractivity contribution in [1.82, 2.24) is 4.90 Å². The molecule has 2 rings (SSSR count). The second kappa shape index (κ2) is 4.87. The van der Waals surface area contributed by atoms with Crippen LogP contribution in [-0.4, -0.2) is 43.1 Å². The molecule has 0 radical (unpaired) electrons. The summed E-state index contributed by atoms with van der Waals surface area (Å²) in [6.07, 6.45) is -0.894. The second-order valence-electron chi connectivity index (χ2n) is 3.70. The van der Waals surface area contributed by atoms with E-state index in [4.69, 9.17) is 0 Å². The van der Waals surface area contributed by atoms with Gasteiger partial charge in [-0.25, -0.2) is 4.79 Å². The molecule has 1 aliphatic rings. The van der Waals surface area contributed by atoms with Crippen LogP contribution >= 0.6 is 0 Å². The number of ether oxygens (including phenoxy) is 2. The first-order chi connectivity index (χ1) is 8.63. The van der Waals surface area contributed by atoms with Gasteiger partial charge in [-0.05, 0) is 6.07 Å². The van der Waals surface area contributed by atoms with Crippen LogP contribution in [0.25, 0.3) is 0 Å². The van der Waals surface area contributed by atoms with Crippen LogP contribution in [0.15, 0.2) is 24.3 Å². The van der Waals surface area contributed by atoms with E-state index in [1.165, 1.54) is 7.11 Å². The molecule has 6 heteroatoms. The molecule has 0 atom stereocenters. The van der Waals surface area contributed by atoms with Crippen molar-refractivity contribution in [2.45, 2.75) is 0 Å². The topological polar surface area (TPSA) is 72.9 Å². The second-order valence-corrected chi connectivity index (χ2v) is 3.70. The van der Waals surface area contributed by atoms with Gasteiger partial charge in [0.15, 0.2) is 12.5 Å². The molecular formula is C12H11NO5. The molecule has 0 N–H and O–H groups in total. The molecule has 0 saturated carbocycles. The lowest BCUT2D eigenvalue weighted by molar-refractivity contribution is 0.0204. The molecule has 0 aromatic heterocycles. The fourth-order valence-electron chi connectivity index (χ4n) is 1.71. The van der Waals surface area contributed by atoms with Gasteiger partial charge < -0.3 is 9.47 Å². The van der Waals surface area contributed by atoms with E-state index in [2.05, 4.69) is 9.47 Å². The number of hydrogen-bond acceptors (Lipinski definition) is 5. The number of carbonyl (C=O) groups is 3. The number of rotatable bonds is 2. The van der Waals surface area contributed by atoms with Crippen molar-refractivity contribution in [3.63, 3.8) is 0 Å². The van der Waals surface area contributed by atoms with Gasteiger partial charge >= 0.3 is 6.16 Å². The van der Waals surface area contributed by atoms with Crippen LogP contribution in [-0.2, 0) is 9.47 Å². The molecule has 0 bridgehead atoms. The van der Waals surface area contributed by atoms with Gasteiger partial charge in [-0.3, -0.25) is 14.5 Å². The lowest BCUT2D eigenvalue weighted by atomic mass is 9.98. The van der Waals surface area contributed by atoms with E-state index in [1.54, 1.807) is 24.3 Å². The van der Waals surface area contributed by atoms with E-state index >= 15 is 0 Å². The summed E-state index contributed by atoms with van der Waals surface area (Å²) in [5, 5.41) is 0. The highest BCUT2D eigenvalue weighted by Gasteiger charge is 2.30. The molecule has 1 aromatic carbocycles. The zero-order chi connectivity index (χ0) is 13.1. The largest absolute Gasteiger partial charge is 0.509 e. The minimum atomic E-state index is -0.894. The van der Waals surface area contributed by atoms with E-state index in [1.807, 2.05) is 0 Å². The monoisotopic (exact) mass is 249 g/mol. The number of ketones is 1. The molecule has 0 fully saturated rings. The van der Waals surface area contributed by atoms with Crippen LogP contribution in [0.1, 0.15) is 20.7 Å². The third-order valence-electron chi connectivity index (χ3n) is 2.58. The predicted molar refractivity (Wildman–Crippen MR) is 60.2 cm³/mol. The SMILES string of the molecule is COC(=O)OCN1CC(=O)c2ccccc2C1=O. The summed E-state index contributed by atoms with van der Waals surface area (Å²) in [7, 11) is 1.17. The van der Waals surface area contributed by atoms with Gasteiger partial charge in [-0.1, -0.05) is 18.2 Å². The van der Waals surface area contributed by atoms with Crippen LogP contribution in [0, 0.1) is 0 Å². The van der Waals surface area contributed by atoms with Crippen molar-refractivity contribution in [2.24, 2.45) is 0 Å². The molecule has 18 heavy (non-hydrogen) atoms. The van der Waals surface area contributed by atoms with Crippen molar-refractivity contribution in [1.29, 1.82) is 0 Å². The van der Waals surface area contributed by atoms with Gasteiger partial charge in [0.1, 0.15) is 0 Å². The van der Waals surface area contributed by atoms with Crippen LogP contribution in [0.5, 0.6) is 0 Å². The number of carbonyl (C=O) groups excluding carboxylic acids is 3. The van der Waals surface area contributed by atoms with Crippen molar-refractivity contribution in [2.75, 3.05) is 20.4 Å². The number of benzene rings is 1. The third kappa shape index (κ3) is 2.17. The smallest absolute Gasteiger partial charge is 0.438 e. The average Bonchev–Trinajstić information content (AvgIpc) is 2.41. The Labute approximate surface area is 103 Å². The third-order valence-corrected chi connectivity index (χ3v) is 2.58. The number of hydrogen-bond donors (Lipinski definition) is 0. The first-order valence-electron chi connectivity index (χ1n) is 5.25. The number of amides is 1. The predicted octanol–water partition coefficient (Wildman–Crippen LogP) is 1.07. The lowest BCUT2D eigenvalue weighted by Gasteiger charge is -2.26. The summed E-state index contributed by atoms with van der Waals surface area (Å²) >= 11 is 0. The summed E-state index contributed by atoms with van der Waals surface area (Å²) in [5.41, 5.74) is 0.721. The van der Waals surface area contributed by atoms with Crippen LogP contribution in [0.2, 0.25) is 0 Å². The quantitative estimate of drug-likeness (QED) is 0.733. The molecule has 1 aromatic rings. The Morgan fingerprint density at radius 2 is 1.94 bits per heavy atom. The normalized spacial score (nSPS) is 14.2. The Morgan fingerprint density at radius 1 is 1.28 bits per heavy atom. The first-order valence-corrected chi connectivity index (χ1v) is 5.25. The zero-order valence-corrected chi connectivity index (χ0v) is 9.71. The summed E-state index contributed by atoms with van der Waals surface area (Å²) in [6.45, 7) is -0.404. The molecule has 0 spiro atoms. The molecule has 1 amide bonds. The highest BCUT2D eigenvalue weighted by molar-refractivity contribution is 6.13. The Bertz CT molecular complexity index is 511.